The summed E-state index contributed by atoms with van der Waals surface area (Å²) in [6.07, 6.45) is 2.69. The molecule has 2 unspecified atom stereocenters. The number of hydrogen-bond donors (Lipinski definition) is 2. The molecular weight excluding hydrogens is 226 g/mol. The van der Waals surface area contributed by atoms with E-state index in [9.17, 15) is 9.90 Å². The number of amides is 1. The lowest BCUT2D eigenvalue weighted by atomic mass is 10.0. The van der Waals surface area contributed by atoms with Gasteiger partial charge in [-0.3, -0.25) is 4.79 Å². The molecule has 0 radical (unpaired) electrons. The van der Waals surface area contributed by atoms with Gasteiger partial charge in [-0.1, -0.05) is 24.1 Å². The SMILES string of the molecule is Cc1ccc(C)c(C(=O)NCC2CCCC2O)c1. The van der Waals surface area contributed by atoms with Crippen LogP contribution in [0, 0.1) is 19.8 Å². The van der Waals surface area contributed by atoms with Gasteiger partial charge in [0.05, 0.1) is 6.10 Å². The van der Waals surface area contributed by atoms with Gasteiger partial charge in [-0.2, -0.15) is 0 Å². The molecule has 1 aromatic carbocycles. The second-order valence-electron chi connectivity index (χ2n) is 5.29. The van der Waals surface area contributed by atoms with E-state index in [1.165, 1.54) is 0 Å². The van der Waals surface area contributed by atoms with Crippen LogP contribution in [-0.4, -0.2) is 23.7 Å². The molecule has 1 aliphatic rings. The van der Waals surface area contributed by atoms with Gasteiger partial charge < -0.3 is 10.4 Å². The van der Waals surface area contributed by atoms with Gasteiger partial charge in [0.2, 0.25) is 0 Å². The highest BCUT2D eigenvalue weighted by Crippen LogP contribution is 2.24. The Labute approximate surface area is 108 Å². The van der Waals surface area contributed by atoms with E-state index in [0.29, 0.717) is 6.54 Å². The molecule has 1 aliphatic carbocycles. The summed E-state index contributed by atoms with van der Waals surface area (Å²) in [4.78, 5) is 12.1. The Bertz CT molecular complexity index is 442. The number of carbonyl (C=O) groups excluding carboxylic acids is 1. The first kappa shape index (κ1) is 13.1. The zero-order chi connectivity index (χ0) is 13.1. The summed E-state index contributed by atoms with van der Waals surface area (Å²) < 4.78 is 0. The largest absolute Gasteiger partial charge is 0.393 e. The lowest BCUT2D eigenvalue weighted by Gasteiger charge is -2.15. The molecule has 98 valence electrons. The Morgan fingerprint density at radius 1 is 1.39 bits per heavy atom. The average molecular weight is 247 g/mol. The first-order chi connectivity index (χ1) is 8.58. The molecule has 1 aromatic rings. The third-order valence-electron chi connectivity index (χ3n) is 3.78. The summed E-state index contributed by atoms with van der Waals surface area (Å²) in [5.74, 6) is 0.189. The fourth-order valence-electron chi connectivity index (χ4n) is 2.55. The van der Waals surface area contributed by atoms with Crippen LogP contribution < -0.4 is 5.32 Å². The number of hydrogen-bond acceptors (Lipinski definition) is 2. The van der Waals surface area contributed by atoms with Crippen LogP contribution in [0.2, 0.25) is 0 Å². The Hall–Kier alpha value is -1.35. The number of aliphatic hydroxyl groups excluding tert-OH is 1. The predicted molar refractivity (Wildman–Crippen MR) is 71.6 cm³/mol. The van der Waals surface area contributed by atoms with Gasteiger partial charge in [0, 0.05) is 18.0 Å². The first-order valence-corrected chi connectivity index (χ1v) is 6.61. The molecule has 0 saturated heterocycles. The average Bonchev–Trinajstić information content (AvgIpc) is 2.75. The summed E-state index contributed by atoms with van der Waals surface area (Å²) in [6, 6.07) is 5.89. The topological polar surface area (TPSA) is 49.3 Å². The van der Waals surface area contributed by atoms with E-state index >= 15 is 0 Å². The van der Waals surface area contributed by atoms with Crippen LogP contribution in [0.1, 0.15) is 40.7 Å². The Morgan fingerprint density at radius 2 is 2.17 bits per heavy atom. The van der Waals surface area contributed by atoms with Gasteiger partial charge in [-0.15, -0.1) is 0 Å². The molecule has 3 nitrogen and oxygen atoms in total. The monoisotopic (exact) mass is 247 g/mol. The van der Waals surface area contributed by atoms with Crippen LogP contribution in [0.3, 0.4) is 0 Å². The summed E-state index contributed by atoms with van der Waals surface area (Å²) in [5.41, 5.74) is 2.82. The van der Waals surface area contributed by atoms with E-state index in [1.807, 2.05) is 32.0 Å². The zero-order valence-electron chi connectivity index (χ0n) is 11.1. The molecular formula is C15H21NO2. The predicted octanol–water partition coefficient (Wildman–Crippen LogP) is 2.19. The van der Waals surface area contributed by atoms with E-state index < -0.39 is 0 Å². The molecule has 0 aromatic heterocycles. The van der Waals surface area contributed by atoms with Crippen LogP contribution in [0.25, 0.3) is 0 Å². The number of rotatable bonds is 3. The molecule has 3 heteroatoms. The fourth-order valence-corrected chi connectivity index (χ4v) is 2.55. The highest BCUT2D eigenvalue weighted by atomic mass is 16.3. The molecule has 1 amide bonds. The maximum Gasteiger partial charge on any atom is 0.251 e. The maximum absolute atomic E-state index is 12.1. The van der Waals surface area contributed by atoms with Crippen molar-refractivity contribution in [1.82, 2.24) is 5.32 Å². The van der Waals surface area contributed by atoms with Crippen molar-refractivity contribution in [3.63, 3.8) is 0 Å². The van der Waals surface area contributed by atoms with Crippen molar-refractivity contribution in [2.24, 2.45) is 5.92 Å². The summed E-state index contributed by atoms with van der Waals surface area (Å²) in [5, 5.41) is 12.7. The third-order valence-corrected chi connectivity index (χ3v) is 3.78. The number of nitrogens with one attached hydrogen (secondary N) is 1. The van der Waals surface area contributed by atoms with E-state index in [0.717, 1.165) is 36.0 Å². The van der Waals surface area contributed by atoms with Gasteiger partial charge >= 0.3 is 0 Å². The second-order valence-corrected chi connectivity index (χ2v) is 5.29. The molecule has 2 rings (SSSR count). The molecule has 0 bridgehead atoms. The second kappa shape index (κ2) is 5.53. The Kier molecular flexibility index (Phi) is 4.02. The minimum absolute atomic E-state index is 0.0321. The van der Waals surface area contributed by atoms with Crippen molar-refractivity contribution in [1.29, 1.82) is 0 Å². The lowest BCUT2D eigenvalue weighted by Crippen LogP contribution is -2.32. The summed E-state index contributed by atoms with van der Waals surface area (Å²) >= 11 is 0. The van der Waals surface area contributed by atoms with Crippen molar-refractivity contribution in [2.75, 3.05) is 6.54 Å². The van der Waals surface area contributed by atoms with Crippen molar-refractivity contribution in [2.45, 2.75) is 39.2 Å². The quantitative estimate of drug-likeness (QED) is 0.860. The van der Waals surface area contributed by atoms with Crippen molar-refractivity contribution < 1.29 is 9.90 Å². The Morgan fingerprint density at radius 3 is 2.83 bits per heavy atom. The van der Waals surface area contributed by atoms with E-state index in [2.05, 4.69) is 5.32 Å². The highest BCUT2D eigenvalue weighted by molar-refractivity contribution is 5.95. The van der Waals surface area contributed by atoms with Gasteiger partial charge in [0.15, 0.2) is 0 Å². The van der Waals surface area contributed by atoms with Crippen LogP contribution in [0.15, 0.2) is 18.2 Å². The van der Waals surface area contributed by atoms with Gasteiger partial charge in [0.1, 0.15) is 0 Å². The van der Waals surface area contributed by atoms with Crippen LogP contribution in [0.5, 0.6) is 0 Å². The molecule has 0 heterocycles. The first-order valence-electron chi connectivity index (χ1n) is 6.61. The molecule has 2 N–H and O–H groups in total. The minimum Gasteiger partial charge on any atom is -0.393 e. The van der Waals surface area contributed by atoms with Gasteiger partial charge in [-0.25, -0.2) is 0 Å². The number of carbonyl (C=O) groups is 1. The van der Waals surface area contributed by atoms with Crippen molar-refractivity contribution >= 4 is 5.91 Å². The van der Waals surface area contributed by atoms with E-state index in [4.69, 9.17) is 0 Å². The van der Waals surface area contributed by atoms with Crippen molar-refractivity contribution in [3.05, 3.63) is 34.9 Å². The number of aliphatic hydroxyl groups is 1. The van der Waals surface area contributed by atoms with Gasteiger partial charge in [0.25, 0.3) is 5.91 Å². The normalized spacial score (nSPS) is 23.1. The van der Waals surface area contributed by atoms with Crippen LogP contribution in [-0.2, 0) is 0 Å². The smallest absolute Gasteiger partial charge is 0.251 e. The molecule has 1 saturated carbocycles. The lowest BCUT2D eigenvalue weighted by molar-refractivity contribution is 0.0916. The van der Waals surface area contributed by atoms with Crippen LogP contribution >= 0.6 is 0 Å². The highest BCUT2D eigenvalue weighted by Gasteiger charge is 2.25. The number of benzene rings is 1. The third kappa shape index (κ3) is 2.91. The maximum atomic E-state index is 12.1. The van der Waals surface area contributed by atoms with Crippen LogP contribution in [0.4, 0.5) is 0 Å². The van der Waals surface area contributed by atoms with Crippen molar-refractivity contribution in [3.8, 4) is 0 Å². The summed E-state index contributed by atoms with van der Waals surface area (Å²) in [6.45, 7) is 4.50. The summed E-state index contributed by atoms with van der Waals surface area (Å²) in [7, 11) is 0. The van der Waals surface area contributed by atoms with E-state index in [1.54, 1.807) is 0 Å². The fraction of sp³-hybridized carbons (Fsp3) is 0.533. The molecule has 18 heavy (non-hydrogen) atoms. The Balaban J connectivity index is 1.97. The molecule has 1 fully saturated rings. The number of aryl methyl sites for hydroxylation is 2. The molecule has 0 aliphatic heterocycles. The molecule has 2 atom stereocenters. The van der Waals surface area contributed by atoms with E-state index in [-0.39, 0.29) is 17.9 Å². The minimum atomic E-state index is -0.246. The van der Waals surface area contributed by atoms with Gasteiger partial charge in [-0.05, 0) is 38.3 Å². The standard InChI is InChI=1S/C15H21NO2/c1-10-6-7-11(2)13(8-10)15(18)16-9-12-4-3-5-14(12)17/h6-8,12,14,17H,3-5,9H2,1-2H3,(H,16,18). The molecule has 0 spiro atoms. The zero-order valence-corrected chi connectivity index (χ0v) is 11.1.